The van der Waals surface area contributed by atoms with Crippen molar-refractivity contribution >= 4 is 0 Å². The van der Waals surface area contributed by atoms with Crippen LogP contribution < -0.4 is 0 Å². The van der Waals surface area contributed by atoms with Gasteiger partial charge in [0.05, 0.1) is 0 Å². The Bertz CT molecular complexity index is 247. The second-order valence-electron chi connectivity index (χ2n) is 4.91. The van der Waals surface area contributed by atoms with Crippen molar-refractivity contribution in [2.45, 2.75) is 33.6 Å². The maximum atomic E-state index is 2.48. The molecular weight excluding hydrogens is 156 g/mol. The zero-order valence-electron chi connectivity index (χ0n) is 8.96. The van der Waals surface area contributed by atoms with Gasteiger partial charge in [-0.1, -0.05) is 39.0 Å². The van der Waals surface area contributed by atoms with Gasteiger partial charge in [0, 0.05) is 0 Å². The van der Waals surface area contributed by atoms with E-state index in [2.05, 4.69) is 39.0 Å². The molecule has 0 radical (unpaired) electrons. The standard InChI is InChI=1S/C13H20/c1-9-4-7-13-11(3)10(2)5-6-12(13)8-9/h5-6,8-11,13H,4,7H2,1-3H3/t9-,10+,11?,13-/m1/s1. The van der Waals surface area contributed by atoms with Crippen LogP contribution in [0.2, 0.25) is 0 Å². The van der Waals surface area contributed by atoms with Gasteiger partial charge >= 0.3 is 0 Å². The van der Waals surface area contributed by atoms with Crippen LogP contribution in [0.25, 0.3) is 0 Å². The predicted molar refractivity (Wildman–Crippen MR) is 57.4 cm³/mol. The molecule has 1 unspecified atom stereocenters. The Morgan fingerprint density at radius 1 is 1.15 bits per heavy atom. The molecule has 0 amide bonds. The molecule has 0 aromatic carbocycles. The summed E-state index contributed by atoms with van der Waals surface area (Å²) >= 11 is 0. The summed E-state index contributed by atoms with van der Waals surface area (Å²) in [6.07, 6.45) is 10.0. The third kappa shape index (κ3) is 1.59. The van der Waals surface area contributed by atoms with Gasteiger partial charge in [0.25, 0.3) is 0 Å². The minimum Gasteiger partial charge on any atom is -0.0811 e. The number of rotatable bonds is 0. The van der Waals surface area contributed by atoms with Crippen molar-refractivity contribution in [2.75, 3.05) is 0 Å². The van der Waals surface area contributed by atoms with Crippen LogP contribution in [0.15, 0.2) is 23.8 Å². The summed E-state index contributed by atoms with van der Waals surface area (Å²) in [6, 6.07) is 0. The molecule has 0 nitrogen and oxygen atoms in total. The molecule has 2 aliphatic rings. The van der Waals surface area contributed by atoms with Gasteiger partial charge < -0.3 is 0 Å². The zero-order chi connectivity index (χ0) is 9.42. The molecule has 4 atom stereocenters. The molecule has 0 aliphatic heterocycles. The van der Waals surface area contributed by atoms with Crippen molar-refractivity contribution in [3.8, 4) is 0 Å². The van der Waals surface area contributed by atoms with Crippen LogP contribution in [-0.2, 0) is 0 Å². The lowest BCUT2D eigenvalue weighted by molar-refractivity contribution is 0.286. The number of fused-ring (bicyclic) bond motifs is 1. The highest BCUT2D eigenvalue weighted by Gasteiger charge is 2.29. The fourth-order valence-electron chi connectivity index (χ4n) is 2.69. The van der Waals surface area contributed by atoms with Gasteiger partial charge in [0.15, 0.2) is 0 Å². The van der Waals surface area contributed by atoms with E-state index in [1.54, 1.807) is 5.57 Å². The highest BCUT2D eigenvalue weighted by molar-refractivity contribution is 5.29. The first kappa shape index (κ1) is 9.05. The second kappa shape index (κ2) is 3.32. The van der Waals surface area contributed by atoms with E-state index in [-0.39, 0.29) is 0 Å². The molecule has 0 saturated heterocycles. The second-order valence-corrected chi connectivity index (χ2v) is 4.91. The van der Waals surface area contributed by atoms with Crippen molar-refractivity contribution in [1.29, 1.82) is 0 Å². The summed E-state index contributed by atoms with van der Waals surface area (Å²) in [5, 5.41) is 0. The van der Waals surface area contributed by atoms with Gasteiger partial charge in [-0.15, -0.1) is 0 Å². The zero-order valence-corrected chi connectivity index (χ0v) is 8.96. The molecule has 13 heavy (non-hydrogen) atoms. The Labute approximate surface area is 81.7 Å². The molecule has 0 heteroatoms. The van der Waals surface area contributed by atoms with Crippen LogP contribution in [-0.4, -0.2) is 0 Å². The highest BCUT2D eigenvalue weighted by atomic mass is 14.3. The summed E-state index contributed by atoms with van der Waals surface area (Å²) < 4.78 is 0. The van der Waals surface area contributed by atoms with E-state index in [4.69, 9.17) is 0 Å². The topological polar surface area (TPSA) is 0 Å². The minimum atomic E-state index is 0.774. The first-order chi connectivity index (χ1) is 6.18. The molecule has 0 aromatic heterocycles. The predicted octanol–water partition coefficient (Wildman–Crippen LogP) is 3.80. The maximum absolute atomic E-state index is 2.48. The average molecular weight is 176 g/mol. The lowest BCUT2D eigenvalue weighted by atomic mass is 9.69. The van der Waals surface area contributed by atoms with Gasteiger partial charge in [-0.3, -0.25) is 0 Å². The van der Waals surface area contributed by atoms with Crippen molar-refractivity contribution in [2.24, 2.45) is 23.7 Å². The maximum Gasteiger partial charge on any atom is -0.0134 e. The monoisotopic (exact) mass is 176 g/mol. The number of hydrogen-bond acceptors (Lipinski definition) is 0. The molecule has 0 N–H and O–H groups in total. The summed E-state index contributed by atoms with van der Waals surface area (Å²) in [6.45, 7) is 7.08. The molecule has 2 aliphatic carbocycles. The lowest BCUT2D eigenvalue weighted by Gasteiger charge is -2.36. The van der Waals surface area contributed by atoms with Crippen LogP contribution in [0.4, 0.5) is 0 Å². The first-order valence-electron chi connectivity index (χ1n) is 5.58. The molecule has 0 bridgehead atoms. The highest BCUT2D eigenvalue weighted by Crippen LogP contribution is 2.40. The Balaban J connectivity index is 2.27. The molecular formula is C13H20. The fourth-order valence-corrected chi connectivity index (χ4v) is 2.69. The van der Waals surface area contributed by atoms with Gasteiger partial charge in [-0.25, -0.2) is 0 Å². The largest absolute Gasteiger partial charge is 0.0811 e. The Morgan fingerprint density at radius 2 is 1.92 bits per heavy atom. The molecule has 0 heterocycles. The lowest BCUT2D eigenvalue weighted by Crippen LogP contribution is -2.26. The van der Waals surface area contributed by atoms with Gasteiger partial charge in [-0.05, 0) is 42.1 Å². The SMILES string of the molecule is CC1[C@@H](C)C=CC2=C[C@H](C)CC[C@@H]21. The molecule has 0 fully saturated rings. The number of hydrogen-bond donors (Lipinski definition) is 0. The Morgan fingerprint density at radius 3 is 2.69 bits per heavy atom. The minimum absolute atomic E-state index is 0.774. The van der Waals surface area contributed by atoms with E-state index in [1.165, 1.54) is 12.8 Å². The average Bonchev–Trinajstić information content (AvgIpc) is 2.12. The summed E-state index contributed by atoms with van der Waals surface area (Å²) in [7, 11) is 0. The van der Waals surface area contributed by atoms with Crippen molar-refractivity contribution in [1.82, 2.24) is 0 Å². The van der Waals surface area contributed by atoms with Crippen LogP contribution in [0.5, 0.6) is 0 Å². The summed E-state index contributed by atoms with van der Waals surface area (Å²) in [4.78, 5) is 0. The van der Waals surface area contributed by atoms with E-state index in [0.29, 0.717) is 0 Å². The number of allylic oxidation sites excluding steroid dienone is 4. The van der Waals surface area contributed by atoms with Gasteiger partial charge in [-0.2, -0.15) is 0 Å². The fraction of sp³-hybridized carbons (Fsp3) is 0.692. The molecule has 0 saturated carbocycles. The van der Waals surface area contributed by atoms with Crippen LogP contribution >= 0.6 is 0 Å². The summed E-state index contributed by atoms with van der Waals surface area (Å²) in [5.41, 5.74) is 1.62. The van der Waals surface area contributed by atoms with Gasteiger partial charge in [0.1, 0.15) is 0 Å². The quantitative estimate of drug-likeness (QED) is 0.526. The Hall–Kier alpha value is -0.520. The van der Waals surface area contributed by atoms with E-state index >= 15 is 0 Å². The van der Waals surface area contributed by atoms with Gasteiger partial charge in [0.2, 0.25) is 0 Å². The van der Waals surface area contributed by atoms with Crippen LogP contribution in [0.3, 0.4) is 0 Å². The smallest absolute Gasteiger partial charge is 0.0134 e. The van der Waals surface area contributed by atoms with E-state index in [1.807, 2.05) is 0 Å². The van der Waals surface area contributed by atoms with Crippen LogP contribution in [0, 0.1) is 23.7 Å². The normalized spacial score (nSPS) is 44.1. The van der Waals surface area contributed by atoms with E-state index in [9.17, 15) is 0 Å². The third-order valence-electron chi connectivity index (χ3n) is 3.89. The molecule has 0 spiro atoms. The van der Waals surface area contributed by atoms with Crippen molar-refractivity contribution in [3.63, 3.8) is 0 Å². The van der Waals surface area contributed by atoms with Crippen molar-refractivity contribution < 1.29 is 0 Å². The van der Waals surface area contributed by atoms with E-state index < -0.39 is 0 Å². The molecule has 72 valence electrons. The Kier molecular flexibility index (Phi) is 2.31. The third-order valence-corrected chi connectivity index (χ3v) is 3.89. The molecule has 0 aromatic rings. The summed E-state index contributed by atoms with van der Waals surface area (Å²) in [5.74, 6) is 3.28. The molecule has 2 rings (SSSR count). The van der Waals surface area contributed by atoms with Crippen LogP contribution in [0.1, 0.15) is 33.6 Å². The van der Waals surface area contributed by atoms with Crippen molar-refractivity contribution in [3.05, 3.63) is 23.8 Å². The van der Waals surface area contributed by atoms with E-state index in [0.717, 1.165) is 23.7 Å². The first-order valence-corrected chi connectivity index (χ1v) is 5.58.